The van der Waals surface area contributed by atoms with Crippen LogP contribution in [0.2, 0.25) is 0 Å². The number of carbonyl (C=O) groups excluding carboxylic acids is 2. The van der Waals surface area contributed by atoms with Gasteiger partial charge in [-0.15, -0.1) is 0 Å². The predicted octanol–water partition coefficient (Wildman–Crippen LogP) is 2.91. The Bertz CT molecular complexity index is 747. The van der Waals surface area contributed by atoms with Gasteiger partial charge in [0.2, 0.25) is 5.91 Å². The number of hydrogen-bond donors (Lipinski definition) is 3. The first-order valence-corrected chi connectivity index (χ1v) is 7.10. The van der Waals surface area contributed by atoms with E-state index in [0.29, 0.717) is 16.9 Å². The molecule has 2 rings (SSSR count). The predicted molar refractivity (Wildman–Crippen MR) is 90.8 cm³/mol. The fourth-order valence-corrected chi connectivity index (χ4v) is 2.06. The van der Waals surface area contributed by atoms with Crippen molar-refractivity contribution >= 4 is 40.5 Å². The zero-order valence-corrected chi connectivity index (χ0v) is 13.0. The van der Waals surface area contributed by atoms with Gasteiger partial charge in [0.15, 0.2) is 5.11 Å². The van der Waals surface area contributed by atoms with Crippen LogP contribution in [-0.4, -0.2) is 16.9 Å². The monoisotopic (exact) mass is 331 g/mol. The van der Waals surface area contributed by atoms with E-state index in [2.05, 4.69) is 16.0 Å². The molecule has 7 heteroatoms. The molecule has 0 unspecified atom stereocenters. The van der Waals surface area contributed by atoms with Crippen molar-refractivity contribution in [2.24, 2.45) is 0 Å². The number of rotatable bonds is 3. The van der Waals surface area contributed by atoms with E-state index in [1.54, 1.807) is 24.3 Å². The van der Waals surface area contributed by atoms with Gasteiger partial charge in [0.1, 0.15) is 5.82 Å². The summed E-state index contributed by atoms with van der Waals surface area (Å²) in [5, 5.41) is 8.05. The highest BCUT2D eigenvalue weighted by atomic mass is 32.1. The first-order valence-electron chi connectivity index (χ1n) is 6.69. The van der Waals surface area contributed by atoms with Gasteiger partial charge in [-0.05, 0) is 54.7 Å². The second-order valence-corrected chi connectivity index (χ2v) is 5.09. The lowest BCUT2D eigenvalue weighted by Crippen LogP contribution is -2.32. The van der Waals surface area contributed by atoms with Crippen molar-refractivity contribution in [2.75, 3.05) is 10.6 Å². The van der Waals surface area contributed by atoms with Crippen LogP contribution >= 0.6 is 12.2 Å². The van der Waals surface area contributed by atoms with Crippen LogP contribution in [0.15, 0.2) is 48.5 Å². The normalized spacial score (nSPS) is 9.83. The van der Waals surface area contributed by atoms with E-state index < -0.39 is 0 Å². The summed E-state index contributed by atoms with van der Waals surface area (Å²) >= 11 is 4.96. The molecule has 23 heavy (non-hydrogen) atoms. The summed E-state index contributed by atoms with van der Waals surface area (Å²) in [7, 11) is 0. The molecule has 0 radical (unpaired) electrons. The lowest BCUT2D eigenvalue weighted by molar-refractivity contribution is -0.117. The number of thiocarbonyl (C=S) groups is 1. The molecule has 0 saturated carbocycles. The van der Waals surface area contributed by atoms with Gasteiger partial charge in [-0.3, -0.25) is 9.59 Å². The van der Waals surface area contributed by atoms with E-state index in [4.69, 9.17) is 12.2 Å². The molecule has 5 nitrogen and oxygen atoms in total. The van der Waals surface area contributed by atoms with Crippen molar-refractivity contribution < 1.29 is 14.0 Å². The standard InChI is InChI=1S/C16H14FN3O2S/c1-10(21)18-16(23)20-14-4-2-3-11(9-14)15(22)19-13-7-5-12(17)6-8-13/h2-9H,1H3,(H,19,22)(H2,18,20,21,23). The average Bonchev–Trinajstić information content (AvgIpc) is 2.49. The fraction of sp³-hybridized carbons (Fsp3) is 0.0625. The molecule has 0 heterocycles. The summed E-state index contributed by atoms with van der Waals surface area (Å²) < 4.78 is 12.8. The zero-order chi connectivity index (χ0) is 16.8. The Labute approximate surface area is 137 Å². The van der Waals surface area contributed by atoms with Crippen molar-refractivity contribution in [1.82, 2.24) is 5.32 Å². The summed E-state index contributed by atoms with van der Waals surface area (Å²) in [4.78, 5) is 23.1. The molecule has 0 atom stereocenters. The number of halogens is 1. The van der Waals surface area contributed by atoms with Gasteiger partial charge in [0.05, 0.1) is 0 Å². The van der Waals surface area contributed by atoms with Crippen LogP contribution in [0, 0.1) is 5.82 Å². The van der Waals surface area contributed by atoms with Crippen LogP contribution in [-0.2, 0) is 4.79 Å². The molecular formula is C16H14FN3O2S. The SMILES string of the molecule is CC(=O)NC(=S)Nc1cccc(C(=O)Nc2ccc(F)cc2)c1. The molecule has 118 valence electrons. The summed E-state index contributed by atoms with van der Waals surface area (Å²) in [6.07, 6.45) is 0. The molecule has 2 amide bonds. The summed E-state index contributed by atoms with van der Waals surface area (Å²) in [5.41, 5.74) is 1.45. The molecule has 0 fully saturated rings. The van der Waals surface area contributed by atoms with E-state index in [1.807, 2.05) is 0 Å². The minimum absolute atomic E-state index is 0.147. The summed E-state index contributed by atoms with van der Waals surface area (Å²) in [6.45, 7) is 1.35. The second kappa shape index (κ2) is 7.46. The van der Waals surface area contributed by atoms with Crippen molar-refractivity contribution in [3.8, 4) is 0 Å². The maximum absolute atomic E-state index is 12.8. The number of nitrogens with one attached hydrogen (secondary N) is 3. The minimum Gasteiger partial charge on any atom is -0.332 e. The maximum atomic E-state index is 12.8. The Morgan fingerprint density at radius 2 is 1.70 bits per heavy atom. The average molecular weight is 331 g/mol. The van der Waals surface area contributed by atoms with Gasteiger partial charge in [0, 0.05) is 23.9 Å². The quantitative estimate of drug-likeness (QED) is 0.757. The van der Waals surface area contributed by atoms with Gasteiger partial charge in [-0.2, -0.15) is 0 Å². The van der Waals surface area contributed by atoms with Crippen LogP contribution < -0.4 is 16.0 Å². The lowest BCUT2D eigenvalue weighted by Gasteiger charge is -2.10. The second-order valence-electron chi connectivity index (χ2n) is 4.68. The molecule has 0 aliphatic carbocycles. The summed E-state index contributed by atoms with van der Waals surface area (Å²) in [6, 6.07) is 12.1. The Balaban J connectivity index is 2.06. The molecule has 0 aromatic heterocycles. The Hall–Kier alpha value is -2.80. The first kappa shape index (κ1) is 16.6. The van der Waals surface area contributed by atoms with Crippen LogP contribution in [0.3, 0.4) is 0 Å². The maximum Gasteiger partial charge on any atom is 0.255 e. The van der Waals surface area contributed by atoms with Gasteiger partial charge < -0.3 is 16.0 Å². The third-order valence-electron chi connectivity index (χ3n) is 2.77. The highest BCUT2D eigenvalue weighted by Crippen LogP contribution is 2.14. The number of benzene rings is 2. The van der Waals surface area contributed by atoms with Crippen molar-refractivity contribution in [2.45, 2.75) is 6.92 Å². The highest BCUT2D eigenvalue weighted by Gasteiger charge is 2.08. The van der Waals surface area contributed by atoms with E-state index in [-0.39, 0.29) is 22.7 Å². The third-order valence-corrected chi connectivity index (χ3v) is 2.98. The van der Waals surface area contributed by atoms with E-state index in [0.717, 1.165) is 0 Å². The molecule has 0 aliphatic heterocycles. The topological polar surface area (TPSA) is 70.2 Å². The highest BCUT2D eigenvalue weighted by molar-refractivity contribution is 7.80. The molecule has 0 saturated heterocycles. The van der Waals surface area contributed by atoms with Crippen molar-refractivity contribution in [3.63, 3.8) is 0 Å². The van der Waals surface area contributed by atoms with Gasteiger partial charge in [-0.25, -0.2) is 4.39 Å². The molecule has 3 N–H and O–H groups in total. The number of carbonyl (C=O) groups is 2. The molecular weight excluding hydrogens is 317 g/mol. The van der Waals surface area contributed by atoms with E-state index >= 15 is 0 Å². The molecule has 2 aromatic rings. The Kier molecular flexibility index (Phi) is 5.37. The minimum atomic E-state index is -0.374. The van der Waals surface area contributed by atoms with E-state index in [9.17, 15) is 14.0 Å². The molecule has 2 aromatic carbocycles. The fourth-order valence-electron chi connectivity index (χ4n) is 1.80. The smallest absolute Gasteiger partial charge is 0.255 e. The molecule has 0 aliphatic rings. The van der Waals surface area contributed by atoms with Gasteiger partial charge >= 0.3 is 0 Å². The third kappa shape index (κ3) is 5.15. The lowest BCUT2D eigenvalue weighted by atomic mass is 10.2. The Morgan fingerprint density at radius 3 is 2.35 bits per heavy atom. The van der Waals surface area contributed by atoms with Gasteiger partial charge in [-0.1, -0.05) is 6.07 Å². The molecule has 0 spiro atoms. The Morgan fingerprint density at radius 1 is 1.00 bits per heavy atom. The van der Waals surface area contributed by atoms with Crippen LogP contribution in [0.1, 0.15) is 17.3 Å². The first-order chi connectivity index (χ1) is 10.9. The zero-order valence-electron chi connectivity index (χ0n) is 12.2. The van der Waals surface area contributed by atoms with Crippen LogP contribution in [0.5, 0.6) is 0 Å². The number of anilines is 2. The number of amides is 2. The van der Waals surface area contributed by atoms with Gasteiger partial charge in [0.25, 0.3) is 5.91 Å². The van der Waals surface area contributed by atoms with Crippen LogP contribution in [0.4, 0.5) is 15.8 Å². The molecule has 0 bridgehead atoms. The van der Waals surface area contributed by atoms with E-state index in [1.165, 1.54) is 31.2 Å². The number of hydrogen-bond acceptors (Lipinski definition) is 3. The van der Waals surface area contributed by atoms with Crippen molar-refractivity contribution in [3.05, 3.63) is 59.9 Å². The largest absolute Gasteiger partial charge is 0.332 e. The van der Waals surface area contributed by atoms with Crippen LogP contribution in [0.25, 0.3) is 0 Å². The van der Waals surface area contributed by atoms with Crippen molar-refractivity contribution in [1.29, 1.82) is 0 Å². The summed E-state index contributed by atoms with van der Waals surface area (Å²) in [5.74, 6) is -1.00.